The van der Waals surface area contributed by atoms with Crippen molar-refractivity contribution in [2.45, 2.75) is 35.6 Å². The molecule has 0 unspecified atom stereocenters. The predicted octanol–water partition coefficient (Wildman–Crippen LogP) is 3.69. The summed E-state index contributed by atoms with van der Waals surface area (Å²) in [5, 5.41) is 19.8. The van der Waals surface area contributed by atoms with Crippen molar-refractivity contribution >= 4 is 11.8 Å². The summed E-state index contributed by atoms with van der Waals surface area (Å²) in [7, 11) is 0. The Balaban J connectivity index is 2.01. The summed E-state index contributed by atoms with van der Waals surface area (Å²) in [4.78, 5) is 5.38. The number of hydrogen-bond acceptors (Lipinski definition) is 4. The van der Waals surface area contributed by atoms with Gasteiger partial charge in [0.25, 0.3) is 0 Å². The van der Waals surface area contributed by atoms with Gasteiger partial charge in [-0.25, -0.2) is 4.98 Å². The zero-order chi connectivity index (χ0) is 13.9. The van der Waals surface area contributed by atoms with Gasteiger partial charge >= 0.3 is 0 Å². The molecule has 1 aliphatic carbocycles. The molecule has 0 saturated carbocycles. The molecule has 1 aromatic carbocycles. The lowest BCUT2D eigenvalue weighted by Gasteiger charge is -2.16. The Kier molecular flexibility index (Phi) is 3.62. The zero-order valence-corrected chi connectivity index (χ0v) is 11.8. The van der Waals surface area contributed by atoms with Crippen LogP contribution in [0.2, 0.25) is 0 Å². The van der Waals surface area contributed by atoms with Crippen molar-refractivity contribution in [3.05, 3.63) is 47.2 Å². The summed E-state index contributed by atoms with van der Waals surface area (Å²) in [5.41, 5.74) is 2.90. The average Bonchev–Trinajstić information content (AvgIpc) is 2.49. The molecule has 20 heavy (non-hydrogen) atoms. The molecule has 0 radical (unpaired) electrons. The van der Waals surface area contributed by atoms with Crippen molar-refractivity contribution in [1.82, 2.24) is 4.98 Å². The maximum absolute atomic E-state index is 9.84. The minimum Gasteiger partial charge on any atom is -0.507 e. The van der Waals surface area contributed by atoms with Gasteiger partial charge in [-0.15, -0.1) is 0 Å². The quantitative estimate of drug-likeness (QED) is 0.912. The van der Waals surface area contributed by atoms with E-state index in [0.717, 1.165) is 29.9 Å². The summed E-state index contributed by atoms with van der Waals surface area (Å²) < 4.78 is 0. The lowest BCUT2D eigenvalue weighted by Crippen LogP contribution is -2.07. The highest BCUT2D eigenvalue weighted by molar-refractivity contribution is 7.99. The average molecular weight is 282 g/mol. The fraction of sp³-hybridized carbons (Fsp3) is 0.250. The number of nitrogens with zero attached hydrogens (tertiary/aromatic N) is 2. The van der Waals surface area contributed by atoms with E-state index in [9.17, 15) is 10.4 Å². The minimum absolute atomic E-state index is 0.223. The Labute approximate surface area is 122 Å². The second-order valence-electron chi connectivity index (χ2n) is 4.84. The van der Waals surface area contributed by atoms with Crippen LogP contribution in [0, 0.1) is 11.3 Å². The molecular weight excluding hydrogens is 268 g/mol. The molecule has 2 aromatic rings. The molecule has 1 aromatic heterocycles. The summed E-state index contributed by atoms with van der Waals surface area (Å²) in [5.74, 6) is 0.223. The van der Waals surface area contributed by atoms with Crippen LogP contribution in [-0.2, 0) is 12.8 Å². The second-order valence-corrected chi connectivity index (χ2v) is 5.87. The molecule has 4 heteroatoms. The molecule has 100 valence electrons. The highest BCUT2D eigenvalue weighted by Crippen LogP contribution is 2.36. The highest BCUT2D eigenvalue weighted by atomic mass is 32.2. The summed E-state index contributed by atoms with van der Waals surface area (Å²) in [6, 6.07) is 11.3. The maximum atomic E-state index is 9.84. The number of hydrogen-bond donors (Lipinski definition) is 1. The third-order valence-corrected chi connectivity index (χ3v) is 4.53. The lowest BCUT2D eigenvalue weighted by molar-refractivity contribution is 0.462. The number of rotatable bonds is 2. The molecule has 0 fully saturated rings. The Hall–Kier alpha value is -1.99. The van der Waals surface area contributed by atoms with E-state index in [2.05, 4.69) is 11.1 Å². The SMILES string of the molecule is N#Cc1cc2c(nc1Sc1ccccc1O)CCCC2. The number of fused-ring (bicyclic) bond motifs is 1. The predicted molar refractivity (Wildman–Crippen MR) is 77.8 cm³/mol. The second kappa shape index (κ2) is 5.56. The molecule has 0 aliphatic heterocycles. The van der Waals surface area contributed by atoms with Crippen LogP contribution >= 0.6 is 11.8 Å². The van der Waals surface area contributed by atoms with Crippen molar-refractivity contribution in [3.8, 4) is 11.8 Å². The summed E-state index contributed by atoms with van der Waals surface area (Å²) in [6.45, 7) is 0. The van der Waals surface area contributed by atoms with Gasteiger partial charge in [-0.2, -0.15) is 5.26 Å². The highest BCUT2D eigenvalue weighted by Gasteiger charge is 2.16. The van der Waals surface area contributed by atoms with E-state index < -0.39 is 0 Å². The Bertz CT molecular complexity index is 691. The number of aromatic hydroxyl groups is 1. The standard InChI is InChI=1S/C16H14N2OS/c17-10-12-9-11-5-1-2-6-13(11)18-16(12)20-15-8-4-3-7-14(15)19/h3-4,7-9,19H,1-2,5-6H2. The monoisotopic (exact) mass is 282 g/mol. The molecular formula is C16H14N2OS. The van der Waals surface area contributed by atoms with Crippen LogP contribution in [0.4, 0.5) is 0 Å². The smallest absolute Gasteiger partial charge is 0.129 e. The van der Waals surface area contributed by atoms with Gasteiger partial charge in [0.05, 0.1) is 10.5 Å². The third-order valence-electron chi connectivity index (χ3n) is 3.46. The Morgan fingerprint density at radius 3 is 2.80 bits per heavy atom. The maximum Gasteiger partial charge on any atom is 0.129 e. The molecule has 1 heterocycles. The van der Waals surface area contributed by atoms with E-state index >= 15 is 0 Å². The normalized spacial score (nSPS) is 13.6. The number of phenolic OH excluding ortho intramolecular Hbond substituents is 1. The van der Waals surface area contributed by atoms with Crippen molar-refractivity contribution < 1.29 is 5.11 Å². The first-order valence-electron chi connectivity index (χ1n) is 6.66. The van der Waals surface area contributed by atoms with Gasteiger partial charge in [-0.05, 0) is 49.4 Å². The first-order valence-corrected chi connectivity index (χ1v) is 7.48. The number of aromatic nitrogens is 1. The van der Waals surface area contributed by atoms with Crippen molar-refractivity contribution in [3.63, 3.8) is 0 Å². The van der Waals surface area contributed by atoms with Crippen molar-refractivity contribution in [2.75, 3.05) is 0 Å². The largest absolute Gasteiger partial charge is 0.507 e. The Morgan fingerprint density at radius 2 is 2.00 bits per heavy atom. The van der Waals surface area contributed by atoms with E-state index in [-0.39, 0.29) is 5.75 Å². The van der Waals surface area contributed by atoms with E-state index in [1.807, 2.05) is 18.2 Å². The number of nitriles is 1. The van der Waals surface area contributed by atoms with Gasteiger partial charge in [-0.1, -0.05) is 23.9 Å². The van der Waals surface area contributed by atoms with Gasteiger partial charge in [-0.3, -0.25) is 0 Å². The fourth-order valence-electron chi connectivity index (χ4n) is 2.42. The van der Waals surface area contributed by atoms with E-state index in [1.165, 1.54) is 23.7 Å². The number of aryl methyl sites for hydroxylation is 2. The number of pyridine rings is 1. The van der Waals surface area contributed by atoms with Crippen LogP contribution < -0.4 is 0 Å². The summed E-state index contributed by atoms with van der Waals surface area (Å²) >= 11 is 1.35. The molecule has 1 N–H and O–H groups in total. The van der Waals surface area contributed by atoms with Crippen molar-refractivity contribution in [1.29, 1.82) is 5.26 Å². The Morgan fingerprint density at radius 1 is 1.20 bits per heavy atom. The van der Waals surface area contributed by atoms with Gasteiger partial charge in [0, 0.05) is 5.69 Å². The van der Waals surface area contributed by atoms with Crippen LogP contribution in [0.3, 0.4) is 0 Å². The van der Waals surface area contributed by atoms with Crippen molar-refractivity contribution in [2.24, 2.45) is 0 Å². The van der Waals surface area contributed by atoms with Crippen LogP contribution in [0.15, 0.2) is 40.3 Å². The summed E-state index contributed by atoms with van der Waals surface area (Å²) in [6.07, 6.45) is 4.33. The number of phenols is 1. The van der Waals surface area contributed by atoms with Crippen LogP contribution in [0.1, 0.15) is 29.7 Å². The third kappa shape index (κ3) is 2.50. The van der Waals surface area contributed by atoms with E-state index in [4.69, 9.17) is 0 Å². The molecule has 0 atom stereocenters. The molecule has 0 bridgehead atoms. The fourth-order valence-corrected chi connectivity index (χ4v) is 3.32. The molecule has 0 spiro atoms. The molecule has 0 amide bonds. The first-order chi connectivity index (χ1) is 9.78. The van der Waals surface area contributed by atoms with Gasteiger partial charge < -0.3 is 5.11 Å². The number of benzene rings is 1. The molecule has 3 nitrogen and oxygen atoms in total. The molecule has 0 saturated heterocycles. The first kappa shape index (κ1) is 13.0. The minimum atomic E-state index is 0.223. The van der Waals surface area contributed by atoms with Crippen LogP contribution in [0.5, 0.6) is 5.75 Å². The van der Waals surface area contributed by atoms with Crippen LogP contribution in [-0.4, -0.2) is 10.1 Å². The van der Waals surface area contributed by atoms with Gasteiger partial charge in [0.15, 0.2) is 0 Å². The molecule has 3 rings (SSSR count). The van der Waals surface area contributed by atoms with Gasteiger partial charge in [0.1, 0.15) is 16.8 Å². The van der Waals surface area contributed by atoms with E-state index in [1.54, 1.807) is 12.1 Å². The number of para-hydroxylation sites is 1. The van der Waals surface area contributed by atoms with Crippen LogP contribution in [0.25, 0.3) is 0 Å². The lowest BCUT2D eigenvalue weighted by atomic mass is 9.95. The van der Waals surface area contributed by atoms with Gasteiger partial charge in [0.2, 0.25) is 0 Å². The van der Waals surface area contributed by atoms with E-state index in [0.29, 0.717) is 10.6 Å². The molecule has 1 aliphatic rings. The topological polar surface area (TPSA) is 56.9 Å². The zero-order valence-electron chi connectivity index (χ0n) is 11.0.